The molecule has 2 N–H and O–H groups in total. The van der Waals surface area contributed by atoms with Crippen LogP contribution in [0.4, 0.5) is 0 Å². The highest BCUT2D eigenvalue weighted by molar-refractivity contribution is 5.86. The van der Waals surface area contributed by atoms with E-state index in [2.05, 4.69) is 17.2 Å². The number of carbonyl (C=O) groups is 1. The highest BCUT2D eigenvalue weighted by Crippen LogP contribution is 1.93. The number of nitrogens with one attached hydrogen (secondary N) is 2. The van der Waals surface area contributed by atoms with Gasteiger partial charge in [0.15, 0.2) is 0 Å². The van der Waals surface area contributed by atoms with E-state index in [0.717, 1.165) is 6.54 Å². The van der Waals surface area contributed by atoms with Crippen LogP contribution < -0.4 is 10.6 Å². The predicted molar refractivity (Wildman–Crippen MR) is 52.5 cm³/mol. The highest BCUT2D eigenvalue weighted by atomic mass is 16.5. The molecule has 0 fully saturated rings. The molecule has 0 bridgehead atoms. The Hall–Kier alpha value is -0.870. The first-order valence-corrected chi connectivity index (χ1v) is 4.26. The van der Waals surface area contributed by atoms with Crippen LogP contribution in [0.2, 0.25) is 0 Å². The quantitative estimate of drug-likeness (QED) is 0.450. The normalized spacial score (nSPS) is 12.2. The van der Waals surface area contributed by atoms with Crippen LogP contribution in [0.5, 0.6) is 0 Å². The van der Waals surface area contributed by atoms with Crippen molar-refractivity contribution in [2.24, 2.45) is 0 Å². The molecule has 0 aromatic carbocycles. The number of likely N-dealkylation sites (N-methyl/N-ethyl adjacent to an activating group) is 2. The number of hydrogen-bond donors (Lipinski definition) is 2. The van der Waals surface area contributed by atoms with Crippen LogP contribution >= 0.6 is 0 Å². The minimum Gasteiger partial charge on any atom is -0.461 e. The lowest BCUT2D eigenvalue weighted by Gasteiger charge is -2.15. The molecule has 13 heavy (non-hydrogen) atoms. The molecule has 0 amide bonds. The van der Waals surface area contributed by atoms with Crippen LogP contribution in [-0.2, 0) is 9.53 Å². The van der Waals surface area contributed by atoms with Gasteiger partial charge in [-0.15, -0.1) is 0 Å². The van der Waals surface area contributed by atoms with E-state index in [-0.39, 0.29) is 12.0 Å². The number of hydrogen-bond acceptors (Lipinski definition) is 4. The van der Waals surface area contributed by atoms with Gasteiger partial charge in [0.25, 0.3) is 0 Å². The third-order valence-electron chi connectivity index (χ3n) is 1.62. The average Bonchev–Trinajstić information content (AvgIpc) is 2.11. The molecule has 0 saturated heterocycles. The molecule has 0 aliphatic rings. The van der Waals surface area contributed by atoms with Gasteiger partial charge in [-0.05, 0) is 21.0 Å². The molecule has 76 valence electrons. The standard InChI is InChI=1S/C9H18N2O2/c1-7(2)9(12)13-6-8(11-4)5-10-3/h8,10-11H,1,5-6H2,2-4H3. The van der Waals surface area contributed by atoms with Crippen LogP contribution in [0.1, 0.15) is 6.92 Å². The van der Waals surface area contributed by atoms with E-state index in [1.165, 1.54) is 0 Å². The first-order chi connectivity index (χ1) is 6.11. The van der Waals surface area contributed by atoms with Crippen LogP contribution in [0.3, 0.4) is 0 Å². The zero-order valence-corrected chi connectivity index (χ0v) is 8.52. The van der Waals surface area contributed by atoms with Crippen LogP contribution in [-0.4, -0.2) is 39.3 Å². The molecule has 0 radical (unpaired) electrons. The van der Waals surface area contributed by atoms with Gasteiger partial charge in [0.05, 0.1) is 6.04 Å². The number of ether oxygens (including phenoxy) is 1. The van der Waals surface area contributed by atoms with Crippen molar-refractivity contribution in [3.8, 4) is 0 Å². The molecule has 1 atom stereocenters. The molecule has 0 aromatic rings. The maximum atomic E-state index is 11.0. The Labute approximate surface area is 79.3 Å². The van der Waals surface area contributed by atoms with Crippen molar-refractivity contribution in [3.63, 3.8) is 0 Å². The molecule has 0 heterocycles. The van der Waals surface area contributed by atoms with Crippen molar-refractivity contribution in [2.45, 2.75) is 13.0 Å². The topological polar surface area (TPSA) is 50.4 Å². The lowest BCUT2D eigenvalue weighted by molar-refractivity contribution is -0.139. The fraction of sp³-hybridized carbons (Fsp3) is 0.667. The molecule has 0 spiro atoms. The summed E-state index contributed by atoms with van der Waals surface area (Å²) in [6.07, 6.45) is 0. The van der Waals surface area contributed by atoms with Gasteiger partial charge >= 0.3 is 5.97 Å². The monoisotopic (exact) mass is 186 g/mol. The van der Waals surface area contributed by atoms with Crippen molar-refractivity contribution in [1.29, 1.82) is 0 Å². The molecule has 0 aromatic heterocycles. The first-order valence-electron chi connectivity index (χ1n) is 4.26. The summed E-state index contributed by atoms with van der Waals surface area (Å²) in [4.78, 5) is 11.0. The van der Waals surface area contributed by atoms with E-state index in [0.29, 0.717) is 12.2 Å². The minimum atomic E-state index is -0.337. The second-order valence-electron chi connectivity index (χ2n) is 2.92. The molecule has 0 aliphatic carbocycles. The summed E-state index contributed by atoms with van der Waals surface area (Å²) >= 11 is 0. The summed E-state index contributed by atoms with van der Waals surface area (Å²) < 4.78 is 4.97. The zero-order valence-electron chi connectivity index (χ0n) is 8.52. The largest absolute Gasteiger partial charge is 0.461 e. The van der Waals surface area contributed by atoms with Gasteiger partial charge in [0.1, 0.15) is 6.61 Å². The average molecular weight is 186 g/mol. The lowest BCUT2D eigenvalue weighted by Crippen LogP contribution is -2.39. The van der Waals surface area contributed by atoms with E-state index >= 15 is 0 Å². The van der Waals surface area contributed by atoms with Gasteiger partial charge < -0.3 is 15.4 Å². The maximum absolute atomic E-state index is 11.0. The summed E-state index contributed by atoms with van der Waals surface area (Å²) in [5.41, 5.74) is 0.430. The van der Waals surface area contributed by atoms with Gasteiger partial charge in [-0.1, -0.05) is 6.58 Å². The second kappa shape index (κ2) is 6.62. The summed E-state index contributed by atoms with van der Waals surface area (Å²) in [5.74, 6) is -0.337. The Kier molecular flexibility index (Phi) is 6.18. The number of rotatable bonds is 6. The molecular weight excluding hydrogens is 168 g/mol. The van der Waals surface area contributed by atoms with Gasteiger partial charge in [-0.25, -0.2) is 4.79 Å². The maximum Gasteiger partial charge on any atom is 0.333 e. The van der Waals surface area contributed by atoms with E-state index < -0.39 is 0 Å². The molecule has 0 rings (SSSR count). The zero-order chi connectivity index (χ0) is 10.3. The Morgan fingerprint density at radius 3 is 2.54 bits per heavy atom. The SMILES string of the molecule is C=C(C)C(=O)OCC(CNC)NC. The van der Waals surface area contributed by atoms with Crippen molar-refractivity contribution in [1.82, 2.24) is 10.6 Å². The molecular formula is C9H18N2O2. The van der Waals surface area contributed by atoms with E-state index in [1.807, 2.05) is 14.1 Å². The Morgan fingerprint density at radius 2 is 2.15 bits per heavy atom. The number of esters is 1. The molecule has 4 nitrogen and oxygen atoms in total. The Morgan fingerprint density at radius 1 is 1.54 bits per heavy atom. The lowest BCUT2D eigenvalue weighted by atomic mass is 10.3. The summed E-state index contributed by atoms with van der Waals surface area (Å²) in [7, 11) is 3.68. The van der Waals surface area contributed by atoms with E-state index in [4.69, 9.17) is 4.74 Å². The van der Waals surface area contributed by atoms with Crippen molar-refractivity contribution in [2.75, 3.05) is 27.2 Å². The van der Waals surface area contributed by atoms with Crippen molar-refractivity contribution < 1.29 is 9.53 Å². The molecule has 0 saturated carbocycles. The van der Waals surface area contributed by atoms with E-state index in [9.17, 15) is 4.79 Å². The predicted octanol–water partition coefficient (Wildman–Crippen LogP) is -0.0869. The number of carbonyl (C=O) groups excluding carboxylic acids is 1. The second-order valence-corrected chi connectivity index (χ2v) is 2.92. The summed E-state index contributed by atoms with van der Waals surface area (Å²) in [5, 5.41) is 6.02. The molecule has 1 unspecified atom stereocenters. The third-order valence-corrected chi connectivity index (χ3v) is 1.62. The highest BCUT2D eigenvalue weighted by Gasteiger charge is 2.08. The fourth-order valence-electron chi connectivity index (χ4n) is 0.790. The van der Waals surface area contributed by atoms with Gasteiger partial charge in [0, 0.05) is 12.1 Å². The minimum absolute atomic E-state index is 0.147. The van der Waals surface area contributed by atoms with Crippen LogP contribution in [0.15, 0.2) is 12.2 Å². The van der Waals surface area contributed by atoms with E-state index in [1.54, 1.807) is 6.92 Å². The van der Waals surface area contributed by atoms with Gasteiger partial charge in [0.2, 0.25) is 0 Å². The fourth-order valence-corrected chi connectivity index (χ4v) is 0.790. The van der Waals surface area contributed by atoms with Gasteiger partial charge in [-0.2, -0.15) is 0 Å². The summed E-state index contributed by atoms with van der Waals surface area (Å²) in [6.45, 7) is 6.26. The van der Waals surface area contributed by atoms with Crippen molar-refractivity contribution in [3.05, 3.63) is 12.2 Å². The Balaban J connectivity index is 3.71. The first kappa shape index (κ1) is 12.1. The summed E-state index contributed by atoms with van der Waals surface area (Å²) in [6, 6.07) is 0.147. The third kappa shape index (κ3) is 5.38. The Bertz CT molecular complexity index is 180. The van der Waals surface area contributed by atoms with Crippen molar-refractivity contribution >= 4 is 5.97 Å². The smallest absolute Gasteiger partial charge is 0.333 e. The van der Waals surface area contributed by atoms with Gasteiger partial charge in [-0.3, -0.25) is 0 Å². The van der Waals surface area contributed by atoms with Crippen LogP contribution in [0.25, 0.3) is 0 Å². The molecule has 0 aliphatic heterocycles. The molecule has 4 heteroatoms. The van der Waals surface area contributed by atoms with Crippen LogP contribution in [0, 0.1) is 0 Å².